The fraction of sp³-hybridized carbons (Fsp3) is 0.562. The minimum Gasteiger partial charge on any atom is -0.366 e. The molecule has 4 heteroatoms. The zero-order valence-corrected chi connectivity index (χ0v) is 12.8. The Kier molecular flexibility index (Phi) is 5.06. The Labute approximate surface area is 125 Å². The minimum atomic E-state index is -0.443. The number of hydrogen-bond donors (Lipinski definition) is 2. The lowest BCUT2D eigenvalue weighted by molar-refractivity contribution is 0.100. The van der Waals surface area contributed by atoms with Crippen molar-refractivity contribution in [2.75, 3.05) is 6.54 Å². The summed E-state index contributed by atoms with van der Waals surface area (Å²) in [5.41, 5.74) is 7.12. The number of benzene rings is 1. The van der Waals surface area contributed by atoms with Gasteiger partial charge in [-0.25, -0.2) is 0 Å². The van der Waals surface area contributed by atoms with E-state index in [2.05, 4.69) is 12.2 Å². The number of amides is 1. The largest absolute Gasteiger partial charge is 0.366 e. The molecule has 0 unspecified atom stereocenters. The number of nitrogens with two attached hydrogens (primary N) is 1. The summed E-state index contributed by atoms with van der Waals surface area (Å²) < 4.78 is 0. The van der Waals surface area contributed by atoms with Crippen molar-refractivity contribution in [3.63, 3.8) is 0 Å². The highest BCUT2D eigenvalue weighted by atomic mass is 35.5. The molecule has 110 valence electrons. The van der Waals surface area contributed by atoms with Gasteiger partial charge in [0.2, 0.25) is 5.91 Å². The quantitative estimate of drug-likeness (QED) is 0.873. The van der Waals surface area contributed by atoms with Gasteiger partial charge in [0.15, 0.2) is 0 Å². The Bertz CT molecular complexity index is 481. The fourth-order valence-electron chi connectivity index (χ4n) is 2.92. The molecule has 2 rings (SSSR count). The summed E-state index contributed by atoms with van der Waals surface area (Å²) in [4.78, 5) is 11.1. The number of halogens is 1. The summed E-state index contributed by atoms with van der Waals surface area (Å²) in [5, 5.41) is 4.10. The van der Waals surface area contributed by atoms with Crippen LogP contribution in [0, 0.1) is 5.41 Å². The molecule has 0 bridgehead atoms. The molecule has 20 heavy (non-hydrogen) atoms. The van der Waals surface area contributed by atoms with Crippen molar-refractivity contribution in [2.24, 2.45) is 11.1 Å². The van der Waals surface area contributed by atoms with Crippen molar-refractivity contribution in [1.29, 1.82) is 0 Å². The van der Waals surface area contributed by atoms with E-state index in [4.69, 9.17) is 17.3 Å². The minimum absolute atomic E-state index is 0.415. The second kappa shape index (κ2) is 6.59. The molecule has 0 aromatic heterocycles. The Hall–Kier alpha value is -1.06. The van der Waals surface area contributed by atoms with E-state index >= 15 is 0 Å². The van der Waals surface area contributed by atoms with Crippen molar-refractivity contribution in [1.82, 2.24) is 5.32 Å². The van der Waals surface area contributed by atoms with Gasteiger partial charge >= 0.3 is 0 Å². The lowest BCUT2D eigenvalue weighted by atomic mass is 9.76. The van der Waals surface area contributed by atoms with Gasteiger partial charge < -0.3 is 11.1 Å². The smallest absolute Gasteiger partial charge is 0.248 e. The molecular formula is C16H23ClN2O. The molecule has 0 saturated heterocycles. The van der Waals surface area contributed by atoms with Crippen LogP contribution in [-0.4, -0.2) is 12.5 Å². The maximum atomic E-state index is 11.1. The van der Waals surface area contributed by atoms with Gasteiger partial charge in [-0.05, 0) is 36.0 Å². The van der Waals surface area contributed by atoms with Crippen molar-refractivity contribution in [3.8, 4) is 0 Å². The van der Waals surface area contributed by atoms with Crippen LogP contribution in [0.3, 0.4) is 0 Å². The number of carbonyl (C=O) groups excluding carboxylic acids is 1. The van der Waals surface area contributed by atoms with Crippen LogP contribution in [0.1, 0.15) is 54.9 Å². The van der Waals surface area contributed by atoms with Gasteiger partial charge in [0.05, 0.1) is 0 Å². The molecule has 0 heterocycles. The summed E-state index contributed by atoms with van der Waals surface area (Å²) in [6, 6.07) is 5.25. The SMILES string of the molecule is CC1(CNCc2ccc(C(N)=O)cc2Cl)CCCCC1. The Morgan fingerprint density at radius 2 is 2.05 bits per heavy atom. The van der Waals surface area contributed by atoms with E-state index in [1.165, 1.54) is 32.1 Å². The second-order valence-corrected chi connectivity index (χ2v) is 6.55. The zero-order chi connectivity index (χ0) is 14.6. The topological polar surface area (TPSA) is 55.1 Å². The van der Waals surface area contributed by atoms with Gasteiger partial charge in [-0.1, -0.05) is 43.9 Å². The molecule has 1 saturated carbocycles. The highest BCUT2D eigenvalue weighted by molar-refractivity contribution is 6.31. The number of primary amides is 1. The van der Waals surface area contributed by atoms with Crippen LogP contribution in [0.25, 0.3) is 0 Å². The fourth-order valence-corrected chi connectivity index (χ4v) is 3.17. The average molecular weight is 295 g/mol. The summed E-state index contributed by atoms with van der Waals surface area (Å²) in [6.45, 7) is 4.10. The van der Waals surface area contributed by atoms with E-state index in [0.717, 1.165) is 18.7 Å². The van der Waals surface area contributed by atoms with Crippen LogP contribution < -0.4 is 11.1 Å². The van der Waals surface area contributed by atoms with Crippen LogP contribution in [-0.2, 0) is 6.54 Å². The number of carbonyl (C=O) groups is 1. The molecular weight excluding hydrogens is 272 g/mol. The first-order valence-electron chi connectivity index (χ1n) is 7.29. The Balaban J connectivity index is 1.89. The molecule has 1 aliphatic carbocycles. The van der Waals surface area contributed by atoms with Crippen LogP contribution >= 0.6 is 11.6 Å². The molecule has 1 fully saturated rings. The molecule has 1 amide bonds. The highest BCUT2D eigenvalue weighted by Crippen LogP contribution is 2.35. The standard InChI is InChI=1S/C16H23ClN2O/c1-16(7-3-2-4-8-16)11-19-10-13-6-5-12(15(18)20)9-14(13)17/h5-6,9,19H,2-4,7-8,10-11H2,1H3,(H2,18,20). The third-order valence-electron chi connectivity index (χ3n) is 4.27. The second-order valence-electron chi connectivity index (χ2n) is 6.15. The number of rotatable bonds is 5. The van der Waals surface area contributed by atoms with Crippen LogP contribution in [0.2, 0.25) is 5.02 Å². The van der Waals surface area contributed by atoms with Crippen molar-refractivity contribution < 1.29 is 4.79 Å². The van der Waals surface area contributed by atoms with Crippen molar-refractivity contribution >= 4 is 17.5 Å². The van der Waals surface area contributed by atoms with E-state index < -0.39 is 5.91 Å². The van der Waals surface area contributed by atoms with Crippen LogP contribution in [0.15, 0.2) is 18.2 Å². The van der Waals surface area contributed by atoms with Crippen LogP contribution in [0.4, 0.5) is 0 Å². The van der Waals surface area contributed by atoms with E-state index in [-0.39, 0.29) is 0 Å². The van der Waals surface area contributed by atoms with E-state index in [9.17, 15) is 4.79 Å². The van der Waals surface area contributed by atoms with Gasteiger partial charge in [0, 0.05) is 23.7 Å². The zero-order valence-electron chi connectivity index (χ0n) is 12.0. The molecule has 0 spiro atoms. The maximum absolute atomic E-state index is 11.1. The van der Waals surface area contributed by atoms with Crippen LogP contribution in [0.5, 0.6) is 0 Å². The predicted molar refractivity (Wildman–Crippen MR) is 82.9 cm³/mol. The predicted octanol–water partition coefficient (Wildman–Crippen LogP) is 3.50. The van der Waals surface area contributed by atoms with Gasteiger partial charge in [-0.3, -0.25) is 4.79 Å². The average Bonchev–Trinajstić information content (AvgIpc) is 2.41. The monoisotopic (exact) mass is 294 g/mol. The molecule has 0 radical (unpaired) electrons. The lowest BCUT2D eigenvalue weighted by Gasteiger charge is -2.33. The normalized spacial score (nSPS) is 17.9. The summed E-state index contributed by atoms with van der Waals surface area (Å²) in [5.74, 6) is -0.443. The molecule has 0 aliphatic heterocycles. The maximum Gasteiger partial charge on any atom is 0.248 e. The molecule has 1 aliphatic rings. The van der Waals surface area contributed by atoms with E-state index in [1.807, 2.05) is 6.07 Å². The van der Waals surface area contributed by atoms with E-state index in [1.54, 1.807) is 12.1 Å². The third kappa shape index (κ3) is 3.97. The van der Waals surface area contributed by atoms with Gasteiger partial charge in [0.25, 0.3) is 0 Å². The summed E-state index contributed by atoms with van der Waals surface area (Å²) in [7, 11) is 0. The third-order valence-corrected chi connectivity index (χ3v) is 4.62. The van der Waals surface area contributed by atoms with Gasteiger partial charge in [0.1, 0.15) is 0 Å². The van der Waals surface area contributed by atoms with E-state index in [0.29, 0.717) is 16.0 Å². The number of hydrogen-bond acceptors (Lipinski definition) is 2. The first-order valence-corrected chi connectivity index (χ1v) is 7.67. The molecule has 3 nitrogen and oxygen atoms in total. The first kappa shape index (κ1) is 15.3. The molecule has 0 atom stereocenters. The molecule has 1 aromatic carbocycles. The van der Waals surface area contributed by atoms with Gasteiger partial charge in [-0.15, -0.1) is 0 Å². The van der Waals surface area contributed by atoms with Gasteiger partial charge in [-0.2, -0.15) is 0 Å². The molecule has 1 aromatic rings. The number of nitrogens with one attached hydrogen (secondary N) is 1. The van der Waals surface area contributed by atoms with Crippen molar-refractivity contribution in [2.45, 2.75) is 45.6 Å². The summed E-state index contributed by atoms with van der Waals surface area (Å²) in [6.07, 6.45) is 6.65. The lowest BCUT2D eigenvalue weighted by Crippen LogP contribution is -2.33. The highest BCUT2D eigenvalue weighted by Gasteiger charge is 2.26. The Morgan fingerprint density at radius 3 is 2.65 bits per heavy atom. The van der Waals surface area contributed by atoms with Crippen molar-refractivity contribution in [3.05, 3.63) is 34.3 Å². The summed E-state index contributed by atoms with van der Waals surface area (Å²) >= 11 is 6.18. The molecule has 3 N–H and O–H groups in total. The first-order chi connectivity index (χ1) is 9.50. The Morgan fingerprint density at radius 1 is 1.35 bits per heavy atom.